The molecule has 0 fully saturated rings. The second-order valence-corrected chi connectivity index (χ2v) is 5.78. The SMILES string of the molecule is COC(=O)C1=C(Nc2cc3ncccc3cc2C)C(=O)N(CCO)C1. The van der Waals surface area contributed by atoms with E-state index in [0.717, 1.165) is 16.5 Å². The highest BCUT2D eigenvalue weighted by Crippen LogP contribution is 2.27. The number of esters is 1. The highest BCUT2D eigenvalue weighted by Gasteiger charge is 2.34. The minimum Gasteiger partial charge on any atom is -0.466 e. The number of rotatable bonds is 5. The summed E-state index contributed by atoms with van der Waals surface area (Å²) >= 11 is 0. The number of benzene rings is 1. The van der Waals surface area contributed by atoms with Crippen LogP contribution in [0.5, 0.6) is 0 Å². The molecule has 1 aliphatic heterocycles. The molecule has 1 aliphatic rings. The standard InChI is InChI=1S/C18H19N3O4/c1-11-8-12-4-3-5-19-15(12)9-14(11)20-16-13(18(24)25-2)10-21(6-7-22)17(16)23/h3-5,8-9,20,22H,6-7,10H2,1-2H3. The van der Waals surface area contributed by atoms with Gasteiger partial charge in [-0.1, -0.05) is 6.07 Å². The Morgan fingerprint density at radius 3 is 2.96 bits per heavy atom. The van der Waals surface area contributed by atoms with Crippen molar-refractivity contribution in [3.8, 4) is 0 Å². The van der Waals surface area contributed by atoms with Crippen molar-refractivity contribution < 1.29 is 19.4 Å². The van der Waals surface area contributed by atoms with Gasteiger partial charge in [-0.3, -0.25) is 9.78 Å². The Kier molecular flexibility index (Phi) is 4.67. The molecule has 25 heavy (non-hydrogen) atoms. The number of aliphatic hydroxyl groups is 1. The van der Waals surface area contributed by atoms with Crippen LogP contribution in [0.2, 0.25) is 0 Å². The Balaban J connectivity index is 2.00. The average molecular weight is 341 g/mol. The third kappa shape index (κ3) is 3.18. The molecule has 0 radical (unpaired) electrons. The number of anilines is 1. The van der Waals surface area contributed by atoms with E-state index in [1.807, 2.05) is 31.2 Å². The number of pyridine rings is 1. The monoisotopic (exact) mass is 341 g/mol. The molecule has 130 valence electrons. The van der Waals surface area contributed by atoms with Crippen LogP contribution in [0.25, 0.3) is 10.9 Å². The molecule has 0 unspecified atom stereocenters. The van der Waals surface area contributed by atoms with Crippen LogP contribution >= 0.6 is 0 Å². The first-order valence-electron chi connectivity index (χ1n) is 7.89. The second-order valence-electron chi connectivity index (χ2n) is 5.78. The van der Waals surface area contributed by atoms with Crippen molar-refractivity contribution in [3.63, 3.8) is 0 Å². The first kappa shape index (κ1) is 16.9. The van der Waals surface area contributed by atoms with Gasteiger partial charge in [0.05, 0.1) is 31.4 Å². The van der Waals surface area contributed by atoms with Crippen LogP contribution in [-0.2, 0) is 14.3 Å². The highest BCUT2D eigenvalue weighted by molar-refractivity contribution is 6.08. The van der Waals surface area contributed by atoms with Gasteiger partial charge in [0.15, 0.2) is 0 Å². The average Bonchev–Trinajstić information content (AvgIpc) is 2.91. The number of aliphatic hydroxyl groups excluding tert-OH is 1. The third-order valence-corrected chi connectivity index (χ3v) is 4.16. The lowest BCUT2D eigenvalue weighted by Crippen LogP contribution is -2.31. The lowest BCUT2D eigenvalue weighted by molar-refractivity contribution is -0.136. The van der Waals surface area contributed by atoms with E-state index >= 15 is 0 Å². The van der Waals surface area contributed by atoms with Crippen molar-refractivity contribution in [1.29, 1.82) is 0 Å². The van der Waals surface area contributed by atoms with Gasteiger partial charge in [-0.2, -0.15) is 0 Å². The maximum Gasteiger partial charge on any atom is 0.337 e. The number of fused-ring (bicyclic) bond motifs is 1. The molecular formula is C18H19N3O4. The van der Waals surface area contributed by atoms with Crippen molar-refractivity contribution in [2.75, 3.05) is 32.1 Å². The van der Waals surface area contributed by atoms with Crippen molar-refractivity contribution in [2.24, 2.45) is 0 Å². The number of nitrogens with one attached hydrogen (secondary N) is 1. The van der Waals surface area contributed by atoms with E-state index in [1.54, 1.807) is 6.20 Å². The van der Waals surface area contributed by atoms with Crippen molar-refractivity contribution in [1.82, 2.24) is 9.88 Å². The van der Waals surface area contributed by atoms with E-state index in [9.17, 15) is 9.59 Å². The minimum atomic E-state index is -0.562. The number of methoxy groups -OCH3 is 1. The summed E-state index contributed by atoms with van der Waals surface area (Å²) in [6.45, 7) is 2.01. The summed E-state index contributed by atoms with van der Waals surface area (Å²) < 4.78 is 4.79. The Morgan fingerprint density at radius 1 is 1.44 bits per heavy atom. The molecule has 2 heterocycles. The van der Waals surface area contributed by atoms with E-state index in [-0.39, 0.29) is 36.9 Å². The first-order valence-corrected chi connectivity index (χ1v) is 7.89. The van der Waals surface area contributed by atoms with Gasteiger partial charge in [0.2, 0.25) is 0 Å². The van der Waals surface area contributed by atoms with Crippen LogP contribution in [0.15, 0.2) is 41.7 Å². The molecule has 1 amide bonds. The number of nitrogens with zero attached hydrogens (tertiary/aromatic N) is 2. The van der Waals surface area contributed by atoms with Crippen LogP contribution in [0.3, 0.4) is 0 Å². The molecule has 1 aromatic heterocycles. The maximum absolute atomic E-state index is 12.6. The summed E-state index contributed by atoms with van der Waals surface area (Å²) in [7, 11) is 1.28. The quantitative estimate of drug-likeness (QED) is 0.795. The predicted octanol–water partition coefficient (Wildman–Crippen LogP) is 1.22. The van der Waals surface area contributed by atoms with Crippen LogP contribution in [0.1, 0.15) is 5.56 Å². The van der Waals surface area contributed by atoms with E-state index in [2.05, 4.69) is 10.3 Å². The molecule has 1 aromatic carbocycles. The van der Waals surface area contributed by atoms with E-state index < -0.39 is 5.97 Å². The fraction of sp³-hybridized carbons (Fsp3) is 0.278. The van der Waals surface area contributed by atoms with Crippen LogP contribution in [0.4, 0.5) is 5.69 Å². The van der Waals surface area contributed by atoms with Crippen molar-refractivity contribution in [3.05, 3.63) is 47.3 Å². The Morgan fingerprint density at radius 2 is 2.24 bits per heavy atom. The van der Waals surface area contributed by atoms with E-state index in [0.29, 0.717) is 5.69 Å². The first-order chi connectivity index (χ1) is 12.0. The van der Waals surface area contributed by atoms with Crippen molar-refractivity contribution >= 4 is 28.5 Å². The molecule has 0 atom stereocenters. The topological polar surface area (TPSA) is 91.8 Å². The number of hydrogen-bond donors (Lipinski definition) is 2. The number of β-amino-alcohol motifs (C(OH)–C–C–N with tert-alkyl or cyclic N) is 1. The Labute approximate surface area is 144 Å². The molecule has 2 aromatic rings. The molecule has 0 saturated heterocycles. The summed E-state index contributed by atoms with van der Waals surface area (Å²) in [5, 5.41) is 13.2. The van der Waals surface area contributed by atoms with Crippen molar-refractivity contribution in [2.45, 2.75) is 6.92 Å². The normalized spacial score (nSPS) is 14.4. The zero-order chi connectivity index (χ0) is 18.0. The number of aryl methyl sites for hydroxylation is 1. The number of amides is 1. The predicted molar refractivity (Wildman–Crippen MR) is 92.8 cm³/mol. The van der Waals surface area contributed by atoms with Gasteiger partial charge in [0.25, 0.3) is 5.91 Å². The van der Waals surface area contributed by atoms with Crippen LogP contribution in [-0.4, -0.2) is 53.7 Å². The van der Waals surface area contributed by atoms with E-state index in [1.165, 1.54) is 12.0 Å². The summed E-state index contributed by atoms with van der Waals surface area (Å²) in [6.07, 6.45) is 1.70. The number of ether oxygens (including phenoxy) is 1. The zero-order valence-electron chi connectivity index (χ0n) is 14.1. The summed E-state index contributed by atoms with van der Waals surface area (Å²) in [5.74, 6) is -0.900. The van der Waals surface area contributed by atoms with Gasteiger partial charge < -0.3 is 20.1 Å². The smallest absolute Gasteiger partial charge is 0.337 e. The Hall–Kier alpha value is -2.93. The molecule has 7 heteroatoms. The third-order valence-electron chi connectivity index (χ3n) is 4.16. The lowest BCUT2D eigenvalue weighted by Gasteiger charge is -2.15. The number of hydrogen-bond acceptors (Lipinski definition) is 6. The van der Waals surface area contributed by atoms with Gasteiger partial charge >= 0.3 is 5.97 Å². The van der Waals surface area contributed by atoms with Crippen LogP contribution in [0, 0.1) is 6.92 Å². The second kappa shape index (κ2) is 6.90. The fourth-order valence-electron chi connectivity index (χ4n) is 2.85. The molecule has 0 spiro atoms. The molecular weight excluding hydrogens is 322 g/mol. The molecule has 0 bridgehead atoms. The van der Waals surface area contributed by atoms with Gasteiger partial charge in [-0.05, 0) is 30.7 Å². The zero-order valence-corrected chi connectivity index (χ0v) is 14.1. The van der Waals surface area contributed by atoms with Gasteiger partial charge in [-0.15, -0.1) is 0 Å². The fourth-order valence-corrected chi connectivity index (χ4v) is 2.85. The Bertz CT molecular complexity index is 876. The summed E-state index contributed by atoms with van der Waals surface area (Å²) in [6, 6.07) is 7.63. The molecule has 0 saturated carbocycles. The highest BCUT2D eigenvalue weighted by atomic mass is 16.5. The maximum atomic E-state index is 12.6. The number of carbonyl (C=O) groups is 2. The summed E-state index contributed by atoms with van der Waals surface area (Å²) in [5.41, 5.74) is 2.83. The van der Waals surface area contributed by atoms with Crippen LogP contribution < -0.4 is 5.32 Å². The minimum absolute atomic E-state index is 0.110. The molecule has 3 rings (SSSR count). The van der Waals surface area contributed by atoms with E-state index in [4.69, 9.17) is 9.84 Å². The molecule has 7 nitrogen and oxygen atoms in total. The molecule has 2 N–H and O–H groups in total. The number of carbonyl (C=O) groups excluding carboxylic acids is 2. The number of aromatic nitrogens is 1. The molecule has 0 aliphatic carbocycles. The lowest BCUT2D eigenvalue weighted by atomic mass is 10.1. The van der Waals surface area contributed by atoms with Gasteiger partial charge in [0.1, 0.15) is 5.70 Å². The largest absolute Gasteiger partial charge is 0.466 e. The summed E-state index contributed by atoms with van der Waals surface area (Å²) in [4.78, 5) is 30.3. The van der Waals surface area contributed by atoms with Gasteiger partial charge in [0, 0.05) is 23.8 Å². The van der Waals surface area contributed by atoms with Gasteiger partial charge in [-0.25, -0.2) is 4.79 Å².